The molecule has 1 aromatic heterocycles. The standard InChI is InChI=1S/C16H22N4O2S/c1-12(23-13-4-2-3-7-17-13)14(21)20-10-5-16(6-11-20)15(22)18-8-9-19-16/h2-4,7,12,19H,5-6,8-11H2,1H3,(H,18,22). The number of rotatable bonds is 3. The van der Waals surface area contributed by atoms with Crippen LogP contribution in [0.2, 0.25) is 0 Å². The van der Waals surface area contributed by atoms with Crippen LogP contribution in [0.4, 0.5) is 0 Å². The van der Waals surface area contributed by atoms with Gasteiger partial charge < -0.3 is 15.5 Å². The van der Waals surface area contributed by atoms with Crippen molar-refractivity contribution in [1.82, 2.24) is 20.5 Å². The summed E-state index contributed by atoms with van der Waals surface area (Å²) in [5.74, 6) is 0.193. The maximum atomic E-state index is 12.6. The molecule has 2 aliphatic rings. The number of thioether (sulfide) groups is 1. The summed E-state index contributed by atoms with van der Waals surface area (Å²) in [6.07, 6.45) is 3.08. The number of nitrogens with zero attached hydrogens (tertiary/aromatic N) is 2. The Morgan fingerprint density at radius 1 is 1.35 bits per heavy atom. The molecule has 0 radical (unpaired) electrons. The topological polar surface area (TPSA) is 74.3 Å². The maximum absolute atomic E-state index is 12.6. The van der Waals surface area contributed by atoms with Crippen LogP contribution in [0.3, 0.4) is 0 Å². The first-order valence-electron chi connectivity index (χ1n) is 8.00. The Kier molecular flexibility index (Phi) is 4.87. The molecule has 23 heavy (non-hydrogen) atoms. The number of amides is 2. The van der Waals surface area contributed by atoms with Gasteiger partial charge in [0.15, 0.2) is 0 Å². The minimum Gasteiger partial charge on any atom is -0.353 e. The zero-order valence-electron chi connectivity index (χ0n) is 13.2. The van der Waals surface area contributed by atoms with E-state index < -0.39 is 5.54 Å². The number of pyridine rings is 1. The van der Waals surface area contributed by atoms with Crippen LogP contribution in [0.25, 0.3) is 0 Å². The van der Waals surface area contributed by atoms with Crippen molar-refractivity contribution in [1.29, 1.82) is 0 Å². The molecule has 0 aliphatic carbocycles. The number of nitrogens with one attached hydrogen (secondary N) is 2. The molecule has 2 N–H and O–H groups in total. The quantitative estimate of drug-likeness (QED) is 0.794. The van der Waals surface area contributed by atoms with Gasteiger partial charge in [0.25, 0.3) is 0 Å². The van der Waals surface area contributed by atoms with Crippen LogP contribution in [0.5, 0.6) is 0 Å². The third kappa shape index (κ3) is 3.50. The Labute approximate surface area is 140 Å². The number of hydrogen-bond donors (Lipinski definition) is 2. The van der Waals surface area contributed by atoms with Gasteiger partial charge in [-0.3, -0.25) is 9.59 Å². The summed E-state index contributed by atoms with van der Waals surface area (Å²) in [7, 11) is 0. The average Bonchev–Trinajstić information content (AvgIpc) is 2.59. The van der Waals surface area contributed by atoms with Gasteiger partial charge in [0.2, 0.25) is 11.8 Å². The summed E-state index contributed by atoms with van der Waals surface area (Å²) in [6.45, 7) is 4.63. The van der Waals surface area contributed by atoms with E-state index in [4.69, 9.17) is 0 Å². The van der Waals surface area contributed by atoms with Gasteiger partial charge in [0.05, 0.1) is 10.3 Å². The van der Waals surface area contributed by atoms with Crippen LogP contribution < -0.4 is 10.6 Å². The Bertz CT molecular complexity index is 573. The predicted molar refractivity (Wildman–Crippen MR) is 89.1 cm³/mol. The molecule has 0 aromatic carbocycles. The molecule has 3 rings (SSSR count). The van der Waals surface area contributed by atoms with E-state index in [0.29, 0.717) is 32.5 Å². The molecule has 0 bridgehead atoms. The Hall–Kier alpha value is -1.60. The number of carbonyl (C=O) groups excluding carboxylic acids is 2. The Morgan fingerprint density at radius 3 is 2.78 bits per heavy atom. The summed E-state index contributed by atoms with van der Waals surface area (Å²) >= 11 is 1.48. The van der Waals surface area contributed by atoms with Crippen molar-refractivity contribution >= 4 is 23.6 Å². The fourth-order valence-electron chi connectivity index (χ4n) is 3.15. The molecule has 0 saturated carbocycles. The molecule has 1 aromatic rings. The molecular formula is C16H22N4O2S. The van der Waals surface area contributed by atoms with E-state index in [2.05, 4.69) is 15.6 Å². The fraction of sp³-hybridized carbons (Fsp3) is 0.562. The second-order valence-electron chi connectivity index (χ2n) is 6.02. The molecule has 1 unspecified atom stereocenters. The molecule has 3 heterocycles. The lowest BCUT2D eigenvalue weighted by atomic mass is 9.85. The second-order valence-corrected chi connectivity index (χ2v) is 7.38. The van der Waals surface area contributed by atoms with E-state index in [9.17, 15) is 9.59 Å². The van der Waals surface area contributed by atoms with Crippen molar-refractivity contribution in [3.63, 3.8) is 0 Å². The molecule has 7 heteroatoms. The normalized spacial score (nSPS) is 21.8. The van der Waals surface area contributed by atoms with Crippen LogP contribution in [0.15, 0.2) is 29.4 Å². The van der Waals surface area contributed by atoms with Crippen LogP contribution in [0, 0.1) is 0 Å². The van der Waals surface area contributed by atoms with E-state index in [1.165, 1.54) is 11.8 Å². The van der Waals surface area contributed by atoms with Gasteiger partial charge in [-0.15, -0.1) is 0 Å². The highest BCUT2D eigenvalue weighted by molar-refractivity contribution is 8.00. The molecule has 1 atom stereocenters. The lowest BCUT2D eigenvalue weighted by Crippen LogP contribution is -2.67. The van der Waals surface area contributed by atoms with Gasteiger partial charge in [0.1, 0.15) is 5.54 Å². The number of piperidine rings is 1. The molecule has 2 aliphatic heterocycles. The minimum absolute atomic E-state index is 0.0757. The number of hydrogen-bond acceptors (Lipinski definition) is 5. The van der Waals surface area contributed by atoms with E-state index in [-0.39, 0.29) is 17.1 Å². The van der Waals surface area contributed by atoms with E-state index in [0.717, 1.165) is 11.6 Å². The van der Waals surface area contributed by atoms with Crippen molar-refractivity contribution in [2.24, 2.45) is 0 Å². The summed E-state index contributed by atoms with van der Waals surface area (Å²) in [5.41, 5.74) is -0.480. The SMILES string of the molecule is CC(Sc1ccccn1)C(=O)N1CCC2(CC1)NCCNC2=O. The monoisotopic (exact) mass is 334 g/mol. The number of likely N-dealkylation sites (tertiary alicyclic amines) is 1. The average molecular weight is 334 g/mol. The van der Waals surface area contributed by atoms with Gasteiger partial charge in [-0.1, -0.05) is 17.8 Å². The summed E-state index contributed by atoms with van der Waals surface area (Å²) in [4.78, 5) is 30.9. The lowest BCUT2D eigenvalue weighted by Gasteiger charge is -2.43. The van der Waals surface area contributed by atoms with Crippen LogP contribution in [0.1, 0.15) is 19.8 Å². The van der Waals surface area contributed by atoms with Crippen molar-refractivity contribution in [3.8, 4) is 0 Å². The van der Waals surface area contributed by atoms with Crippen LogP contribution >= 0.6 is 11.8 Å². The van der Waals surface area contributed by atoms with E-state index in [1.54, 1.807) is 6.20 Å². The van der Waals surface area contributed by atoms with Crippen LogP contribution in [-0.4, -0.2) is 58.7 Å². The number of carbonyl (C=O) groups is 2. The summed E-state index contributed by atoms with van der Waals surface area (Å²) < 4.78 is 0. The molecule has 1 spiro atoms. The first-order valence-corrected chi connectivity index (χ1v) is 8.88. The third-order valence-corrected chi connectivity index (χ3v) is 5.56. The van der Waals surface area contributed by atoms with E-state index >= 15 is 0 Å². The summed E-state index contributed by atoms with van der Waals surface area (Å²) in [6, 6.07) is 5.70. The smallest absolute Gasteiger partial charge is 0.240 e. The minimum atomic E-state index is -0.480. The van der Waals surface area contributed by atoms with E-state index in [1.807, 2.05) is 30.0 Å². The van der Waals surface area contributed by atoms with Gasteiger partial charge >= 0.3 is 0 Å². The van der Waals surface area contributed by atoms with Crippen molar-refractivity contribution in [2.45, 2.75) is 35.6 Å². The maximum Gasteiger partial charge on any atom is 0.240 e. The van der Waals surface area contributed by atoms with Crippen molar-refractivity contribution < 1.29 is 9.59 Å². The van der Waals surface area contributed by atoms with Crippen molar-refractivity contribution in [2.75, 3.05) is 26.2 Å². The fourth-order valence-corrected chi connectivity index (χ4v) is 4.04. The first-order chi connectivity index (χ1) is 11.1. The molecule has 2 amide bonds. The van der Waals surface area contributed by atoms with Gasteiger partial charge in [-0.25, -0.2) is 4.98 Å². The Morgan fingerprint density at radius 2 is 2.13 bits per heavy atom. The second kappa shape index (κ2) is 6.88. The number of piperazine rings is 1. The molecule has 2 saturated heterocycles. The largest absolute Gasteiger partial charge is 0.353 e. The van der Waals surface area contributed by atoms with Gasteiger partial charge in [-0.2, -0.15) is 0 Å². The molecule has 6 nitrogen and oxygen atoms in total. The molecule has 124 valence electrons. The Balaban J connectivity index is 1.56. The lowest BCUT2D eigenvalue weighted by molar-refractivity contribution is -0.138. The summed E-state index contributed by atoms with van der Waals surface area (Å²) in [5, 5.41) is 6.95. The molecule has 2 fully saturated rings. The highest BCUT2D eigenvalue weighted by Gasteiger charge is 2.43. The predicted octanol–water partition coefficient (Wildman–Crippen LogP) is 0.643. The van der Waals surface area contributed by atoms with Gasteiger partial charge in [0, 0.05) is 32.4 Å². The van der Waals surface area contributed by atoms with Crippen LogP contribution in [-0.2, 0) is 9.59 Å². The van der Waals surface area contributed by atoms with Gasteiger partial charge in [-0.05, 0) is 31.9 Å². The first kappa shape index (κ1) is 16.3. The van der Waals surface area contributed by atoms with Crippen molar-refractivity contribution in [3.05, 3.63) is 24.4 Å². The highest BCUT2D eigenvalue weighted by atomic mass is 32.2. The third-order valence-electron chi connectivity index (χ3n) is 4.52. The number of aromatic nitrogens is 1. The highest BCUT2D eigenvalue weighted by Crippen LogP contribution is 2.27. The molecular weight excluding hydrogens is 312 g/mol. The zero-order valence-corrected chi connectivity index (χ0v) is 14.1. The zero-order chi connectivity index (χ0) is 16.3.